The monoisotopic (exact) mass is 332 g/mol. The number of nitrogens with zero attached hydrogens (tertiary/aromatic N) is 2. The first-order chi connectivity index (χ1) is 11.1. The molecule has 0 aliphatic carbocycles. The molecule has 6 heteroatoms. The molecule has 1 fully saturated rings. The van der Waals surface area contributed by atoms with E-state index in [-0.39, 0.29) is 16.7 Å². The van der Waals surface area contributed by atoms with Crippen LogP contribution < -0.4 is 0 Å². The summed E-state index contributed by atoms with van der Waals surface area (Å²) in [6, 6.07) is 6.84. The van der Waals surface area contributed by atoms with Crippen molar-refractivity contribution < 1.29 is 14.6 Å². The molecule has 23 heavy (non-hydrogen) atoms. The third kappa shape index (κ3) is 3.30. The van der Waals surface area contributed by atoms with E-state index in [4.69, 9.17) is 16.3 Å². The van der Waals surface area contributed by atoms with Gasteiger partial charge < -0.3 is 14.7 Å². The number of aryl methyl sites for hydroxylation is 1. The molecule has 2 aromatic rings. The van der Waals surface area contributed by atoms with Crippen molar-refractivity contribution in [3.8, 4) is 17.0 Å². The van der Waals surface area contributed by atoms with Gasteiger partial charge in [0.2, 0.25) is 0 Å². The number of benzene rings is 1. The molecular weight excluding hydrogens is 316 g/mol. The van der Waals surface area contributed by atoms with E-state index in [1.54, 1.807) is 35.4 Å². The molecule has 0 atom stereocenters. The van der Waals surface area contributed by atoms with Crippen molar-refractivity contribution >= 4 is 17.5 Å². The van der Waals surface area contributed by atoms with Gasteiger partial charge in [-0.05, 0) is 36.8 Å². The highest BCUT2D eigenvalue weighted by atomic mass is 35.5. The molecule has 1 aliphatic heterocycles. The number of carbonyl (C=O) groups excluding carboxylic acids is 1. The fourth-order valence-electron chi connectivity index (χ4n) is 2.57. The van der Waals surface area contributed by atoms with Crippen molar-refractivity contribution in [3.63, 3.8) is 0 Å². The Labute approximate surface area is 139 Å². The van der Waals surface area contributed by atoms with E-state index in [0.717, 1.165) is 11.1 Å². The lowest BCUT2D eigenvalue weighted by atomic mass is 10.0. The molecule has 1 aromatic carbocycles. The molecule has 1 aromatic heterocycles. The van der Waals surface area contributed by atoms with Gasteiger partial charge in [-0.2, -0.15) is 0 Å². The Balaban J connectivity index is 1.84. The number of hydrogen-bond acceptors (Lipinski definition) is 4. The Kier molecular flexibility index (Phi) is 4.50. The van der Waals surface area contributed by atoms with Crippen LogP contribution in [0.4, 0.5) is 0 Å². The number of hydrogen-bond donors (Lipinski definition) is 1. The van der Waals surface area contributed by atoms with E-state index in [1.807, 2.05) is 6.92 Å². The van der Waals surface area contributed by atoms with Crippen molar-refractivity contribution in [1.29, 1.82) is 0 Å². The summed E-state index contributed by atoms with van der Waals surface area (Å²) in [5, 5.41) is 9.90. The zero-order chi connectivity index (χ0) is 16.4. The van der Waals surface area contributed by atoms with Gasteiger partial charge in [-0.1, -0.05) is 11.6 Å². The molecule has 1 aliphatic rings. The van der Waals surface area contributed by atoms with Gasteiger partial charge in [0.05, 0.1) is 29.5 Å². The summed E-state index contributed by atoms with van der Waals surface area (Å²) in [7, 11) is 0. The lowest BCUT2D eigenvalue weighted by Crippen LogP contribution is -2.40. The number of amides is 1. The minimum Gasteiger partial charge on any atom is -0.506 e. The van der Waals surface area contributed by atoms with Crippen LogP contribution >= 0.6 is 11.6 Å². The Morgan fingerprint density at radius 1 is 1.30 bits per heavy atom. The summed E-state index contributed by atoms with van der Waals surface area (Å²) in [6.45, 7) is 4.23. The lowest BCUT2D eigenvalue weighted by Gasteiger charge is -2.26. The average molecular weight is 333 g/mol. The van der Waals surface area contributed by atoms with E-state index in [9.17, 15) is 9.90 Å². The number of halogens is 1. The number of rotatable bonds is 2. The first kappa shape index (κ1) is 15.8. The molecule has 1 amide bonds. The number of pyridine rings is 1. The van der Waals surface area contributed by atoms with E-state index < -0.39 is 0 Å². The van der Waals surface area contributed by atoms with Gasteiger partial charge >= 0.3 is 0 Å². The molecule has 0 spiro atoms. The third-order valence-electron chi connectivity index (χ3n) is 3.88. The third-order valence-corrected chi connectivity index (χ3v) is 4.18. The molecule has 0 saturated carbocycles. The number of phenolic OH excluding ortho intramolecular Hbond substituents is 1. The van der Waals surface area contributed by atoms with Crippen LogP contribution in [0, 0.1) is 6.92 Å². The van der Waals surface area contributed by atoms with Gasteiger partial charge in [-0.3, -0.25) is 9.78 Å². The number of phenols is 1. The summed E-state index contributed by atoms with van der Waals surface area (Å²) in [4.78, 5) is 18.5. The van der Waals surface area contributed by atoms with Gasteiger partial charge in [0.15, 0.2) is 0 Å². The highest BCUT2D eigenvalue weighted by molar-refractivity contribution is 6.32. The summed E-state index contributed by atoms with van der Waals surface area (Å²) in [6.07, 6.45) is 1.58. The lowest BCUT2D eigenvalue weighted by molar-refractivity contribution is 0.0302. The van der Waals surface area contributed by atoms with Crippen molar-refractivity contribution in [3.05, 3.63) is 46.6 Å². The van der Waals surface area contributed by atoms with E-state index in [2.05, 4.69) is 4.98 Å². The quantitative estimate of drug-likeness (QED) is 0.918. The predicted molar refractivity (Wildman–Crippen MR) is 87.8 cm³/mol. The van der Waals surface area contributed by atoms with Gasteiger partial charge in [-0.25, -0.2) is 0 Å². The highest BCUT2D eigenvalue weighted by Gasteiger charge is 2.19. The first-order valence-electron chi connectivity index (χ1n) is 7.39. The van der Waals surface area contributed by atoms with Crippen LogP contribution in [-0.2, 0) is 4.74 Å². The fourth-order valence-corrected chi connectivity index (χ4v) is 2.73. The molecule has 2 heterocycles. The number of morpholine rings is 1. The minimum absolute atomic E-state index is 0.0344. The van der Waals surface area contributed by atoms with Gasteiger partial charge in [-0.15, -0.1) is 0 Å². The summed E-state index contributed by atoms with van der Waals surface area (Å²) < 4.78 is 5.25. The second kappa shape index (κ2) is 6.56. The van der Waals surface area contributed by atoms with Crippen LogP contribution in [0.1, 0.15) is 15.9 Å². The van der Waals surface area contributed by atoms with Crippen LogP contribution in [-0.4, -0.2) is 47.2 Å². The minimum atomic E-state index is -0.0344. The number of aromatic nitrogens is 1. The molecule has 0 radical (unpaired) electrons. The largest absolute Gasteiger partial charge is 0.506 e. The zero-order valence-electron chi connectivity index (χ0n) is 12.8. The summed E-state index contributed by atoms with van der Waals surface area (Å²) in [5.74, 6) is 0.0137. The van der Waals surface area contributed by atoms with Crippen LogP contribution in [0.15, 0.2) is 30.5 Å². The number of aromatic hydroxyl groups is 1. The Bertz CT molecular complexity index is 725. The predicted octanol–water partition coefficient (Wildman–Crippen LogP) is 2.89. The van der Waals surface area contributed by atoms with E-state index >= 15 is 0 Å². The normalized spacial score (nSPS) is 14.8. The van der Waals surface area contributed by atoms with Crippen molar-refractivity contribution in [1.82, 2.24) is 9.88 Å². The van der Waals surface area contributed by atoms with Crippen molar-refractivity contribution in [2.24, 2.45) is 0 Å². The van der Waals surface area contributed by atoms with E-state index in [1.165, 1.54) is 0 Å². The van der Waals surface area contributed by atoms with Gasteiger partial charge in [0, 0.05) is 24.8 Å². The SMILES string of the molecule is Cc1cc(O)c(Cl)cc1-c1ccc(C(=O)N2CCOCC2)cn1. The topological polar surface area (TPSA) is 62.7 Å². The highest BCUT2D eigenvalue weighted by Crippen LogP contribution is 2.31. The summed E-state index contributed by atoms with van der Waals surface area (Å²) in [5.41, 5.74) is 2.96. The Hall–Kier alpha value is -2.11. The van der Waals surface area contributed by atoms with Crippen molar-refractivity contribution in [2.75, 3.05) is 26.3 Å². The van der Waals surface area contributed by atoms with Crippen LogP contribution in [0.2, 0.25) is 5.02 Å². The smallest absolute Gasteiger partial charge is 0.255 e. The second-order valence-corrected chi connectivity index (χ2v) is 5.86. The maximum absolute atomic E-state index is 12.4. The molecule has 5 nitrogen and oxygen atoms in total. The Morgan fingerprint density at radius 2 is 2.04 bits per heavy atom. The maximum atomic E-state index is 12.4. The molecule has 1 saturated heterocycles. The first-order valence-corrected chi connectivity index (χ1v) is 7.76. The maximum Gasteiger partial charge on any atom is 0.255 e. The van der Waals surface area contributed by atoms with Crippen LogP contribution in [0.25, 0.3) is 11.3 Å². The van der Waals surface area contributed by atoms with E-state index in [0.29, 0.717) is 37.6 Å². The summed E-state index contributed by atoms with van der Waals surface area (Å²) >= 11 is 5.97. The van der Waals surface area contributed by atoms with Crippen molar-refractivity contribution in [2.45, 2.75) is 6.92 Å². The molecule has 0 unspecified atom stereocenters. The van der Waals surface area contributed by atoms with Gasteiger partial charge in [0.25, 0.3) is 5.91 Å². The molecule has 1 N–H and O–H groups in total. The molecule has 0 bridgehead atoms. The van der Waals surface area contributed by atoms with Gasteiger partial charge in [0.1, 0.15) is 5.75 Å². The molecule has 3 rings (SSSR count). The number of ether oxygens (including phenoxy) is 1. The average Bonchev–Trinajstić information content (AvgIpc) is 2.58. The number of carbonyl (C=O) groups is 1. The fraction of sp³-hybridized carbons (Fsp3) is 0.294. The second-order valence-electron chi connectivity index (χ2n) is 5.46. The molecule has 120 valence electrons. The molecular formula is C17H17ClN2O3. The van der Waals surface area contributed by atoms with Crippen LogP contribution in [0.3, 0.4) is 0 Å². The standard InChI is InChI=1S/C17H17ClN2O3/c1-11-8-16(21)14(18)9-13(11)15-3-2-12(10-19-15)17(22)20-4-6-23-7-5-20/h2-3,8-10,21H,4-7H2,1H3. The van der Waals surface area contributed by atoms with Crippen LogP contribution in [0.5, 0.6) is 5.75 Å². The Morgan fingerprint density at radius 3 is 2.70 bits per heavy atom. The zero-order valence-corrected chi connectivity index (χ0v) is 13.5.